The summed E-state index contributed by atoms with van der Waals surface area (Å²) < 4.78 is 11.0. The minimum atomic E-state index is -1.07. The Hall–Kier alpha value is -2.53. The molecule has 0 bridgehead atoms. The topological polar surface area (TPSA) is 67.8 Å². The molecule has 0 unspecified atom stereocenters. The molecule has 2 atom stereocenters. The fourth-order valence-electron chi connectivity index (χ4n) is 3.03. The molecule has 0 radical (unpaired) electrons. The highest BCUT2D eigenvalue weighted by molar-refractivity contribution is 5.85. The predicted molar refractivity (Wildman–Crippen MR) is 94.7 cm³/mol. The first-order chi connectivity index (χ1) is 11.9. The Bertz CT molecular complexity index is 755. The van der Waals surface area contributed by atoms with E-state index in [0.717, 1.165) is 16.9 Å². The molecule has 1 aliphatic carbocycles. The summed E-state index contributed by atoms with van der Waals surface area (Å²) >= 11 is 0. The number of aliphatic hydroxyl groups excluding tert-OH is 1. The summed E-state index contributed by atoms with van der Waals surface area (Å²) in [5, 5.41) is 13.4. The Kier molecular flexibility index (Phi) is 4.68. The molecule has 2 aromatic rings. The number of nitrogens with one attached hydrogen (secondary N) is 1. The van der Waals surface area contributed by atoms with Gasteiger partial charge in [0.25, 0.3) is 5.91 Å². The third-order valence-corrected chi connectivity index (χ3v) is 4.49. The molecule has 0 aromatic heterocycles. The Morgan fingerprint density at radius 3 is 2.40 bits per heavy atom. The van der Waals surface area contributed by atoms with Crippen molar-refractivity contribution in [3.63, 3.8) is 0 Å². The van der Waals surface area contributed by atoms with E-state index in [9.17, 15) is 9.90 Å². The standard InChI is InChI=1S/C20H23NO4/c1-20(2,25-15-10-8-14(24-3)9-11-15)19(23)21-17-12-13-6-4-5-7-16(13)18(17)22/h4-11,17-18,22H,12H2,1-3H3,(H,21,23)/t17-,18-/m1/s1. The molecule has 0 spiro atoms. The molecular formula is C20H23NO4. The smallest absolute Gasteiger partial charge is 0.263 e. The third kappa shape index (κ3) is 3.61. The van der Waals surface area contributed by atoms with Crippen molar-refractivity contribution in [2.45, 2.75) is 38.0 Å². The van der Waals surface area contributed by atoms with Crippen molar-refractivity contribution in [3.05, 3.63) is 59.7 Å². The normalized spacial score (nSPS) is 19.2. The highest BCUT2D eigenvalue weighted by Crippen LogP contribution is 2.31. The van der Waals surface area contributed by atoms with Crippen LogP contribution in [0.2, 0.25) is 0 Å². The number of amides is 1. The number of carbonyl (C=O) groups is 1. The summed E-state index contributed by atoms with van der Waals surface area (Å²) in [4.78, 5) is 12.7. The van der Waals surface area contributed by atoms with Gasteiger partial charge in [0.05, 0.1) is 19.3 Å². The van der Waals surface area contributed by atoms with Crippen molar-refractivity contribution >= 4 is 5.91 Å². The van der Waals surface area contributed by atoms with Crippen LogP contribution in [0.15, 0.2) is 48.5 Å². The first-order valence-corrected chi connectivity index (χ1v) is 8.30. The van der Waals surface area contributed by atoms with Crippen LogP contribution in [0, 0.1) is 0 Å². The van der Waals surface area contributed by atoms with Crippen LogP contribution in [0.5, 0.6) is 11.5 Å². The third-order valence-electron chi connectivity index (χ3n) is 4.49. The molecule has 0 saturated heterocycles. The van der Waals surface area contributed by atoms with Crippen LogP contribution in [0.25, 0.3) is 0 Å². The van der Waals surface area contributed by atoms with E-state index >= 15 is 0 Å². The summed E-state index contributed by atoms with van der Waals surface area (Å²) in [6.07, 6.45) is -0.0845. The largest absolute Gasteiger partial charge is 0.497 e. The minimum absolute atomic E-state index is 0.264. The number of benzene rings is 2. The van der Waals surface area contributed by atoms with Gasteiger partial charge >= 0.3 is 0 Å². The first kappa shape index (κ1) is 17.3. The van der Waals surface area contributed by atoms with Crippen molar-refractivity contribution in [1.29, 1.82) is 0 Å². The lowest BCUT2D eigenvalue weighted by atomic mass is 10.1. The molecule has 25 heavy (non-hydrogen) atoms. The first-order valence-electron chi connectivity index (χ1n) is 8.30. The van der Waals surface area contributed by atoms with Crippen LogP contribution >= 0.6 is 0 Å². The van der Waals surface area contributed by atoms with E-state index in [1.54, 1.807) is 45.2 Å². The van der Waals surface area contributed by atoms with Gasteiger partial charge in [-0.25, -0.2) is 0 Å². The lowest BCUT2D eigenvalue weighted by Gasteiger charge is -2.28. The second kappa shape index (κ2) is 6.76. The average molecular weight is 341 g/mol. The Morgan fingerprint density at radius 2 is 1.76 bits per heavy atom. The molecule has 0 aliphatic heterocycles. The van der Waals surface area contributed by atoms with E-state index in [0.29, 0.717) is 12.2 Å². The van der Waals surface area contributed by atoms with Crippen molar-refractivity contribution in [3.8, 4) is 11.5 Å². The van der Waals surface area contributed by atoms with Crippen molar-refractivity contribution in [2.24, 2.45) is 0 Å². The van der Waals surface area contributed by atoms with Gasteiger partial charge in [-0.15, -0.1) is 0 Å². The summed E-state index contributed by atoms with van der Waals surface area (Å²) in [7, 11) is 1.60. The Balaban J connectivity index is 1.65. The van der Waals surface area contributed by atoms with Crippen LogP contribution in [-0.4, -0.2) is 29.8 Å². The number of fused-ring (bicyclic) bond motifs is 1. The van der Waals surface area contributed by atoms with Crippen LogP contribution in [-0.2, 0) is 11.2 Å². The van der Waals surface area contributed by atoms with Crippen molar-refractivity contribution in [2.75, 3.05) is 7.11 Å². The summed E-state index contributed by atoms with van der Waals surface area (Å²) in [5.74, 6) is 1.04. The SMILES string of the molecule is COc1ccc(OC(C)(C)C(=O)N[C@@H]2Cc3ccccc3[C@H]2O)cc1. The Labute approximate surface area is 147 Å². The number of hydrogen-bond acceptors (Lipinski definition) is 4. The predicted octanol–water partition coefficient (Wildman–Crippen LogP) is 2.63. The summed E-state index contributed by atoms with van der Waals surface area (Å²) in [6, 6.07) is 14.4. The molecule has 0 fully saturated rings. The lowest BCUT2D eigenvalue weighted by molar-refractivity contribution is -0.135. The van der Waals surface area contributed by atoms with E-state index < -0.39 is 11.7 Å². The summed E-state index contributed by atoms with van der Waals surface area (Å²) in [5.41, 5.74) is 0.874. The molecule has 1 amide bonds. The monoisotopic (exact) mass is 341 g/mol. The number of carbonyl (C=O) groups excluding carboxylic acids is 1. The van der Waals surface area contributed by atoms with Crippen LogP contribution in [0.4, 0.5) is 0 Å². The maximum Gasteiger partial charge on any atom is 0.263 e. The second-order valence-corrected chi connectivity index (χ2v) is 6.72. The molecule has 5 nitrogen and oxygen atoms in total. The zero-order chi connectivity index (χ0) is 18.0. The van der Waals surface area contributed by atoms with E-state index in [1.165, 1.54) is 0 Å². The Morgan fingerprint density at radius 1 is 1.12 bits per heavy atom. The number of hydrogen-bond donors (Lipinski definition) is 2. The molecule has 132 valence electrons. The molecule has 2 N–H and O–H groups in total. The van der Waals surface area contributed by atoms with Gasteiger partial charge in [0.1, 0.15) is 11.5 Å². The average Bonchev–Trinajstić information content (AvgIpc) is 2.91. The van der Waals surface area contributed by atoms with Gasteiger partial charge in [-0.1, -0.05) is 24.3 Å². The van der Waals surface area contributed by atoms with E-state index in [1.807, 2.05) is 24.3 Å². The number of rotatable bonds is 5. The molecule has 0 saturated carbocycles. The second-order valence-electron chi connectivity index (χ2n) is 6.72. The van der Waals surface area contributed by atoms with E-state index in [4.69, 9.17) is 9.47 Å². The molecular weight excluding hydrogens is 318 g/mol. The maximum atomic E-state index is 12.7. The van der Waals surface area contributed by atoms with Gasteiger partial charge in [0.15, 0.2) is 5.60 Å². The molecule has 5 heteroatoms. The van der Waals surface area contributed by atoms with Gasteiger partial charge in [-0.2, -0.15) is 0 Å². The van der Waals surface area contributed by atoms with Crippen molar-refractivity contribution < 1.29 is 19.4 Å². The van der Waals surface area contributed by atoms with Crippen LogP contribution in [0.3, 0.4) is 0 Å². The fourth-order valence-corrected chi connectivity index (χ4v) is 3.03. The van der Waals surface area contributed by atoms with Crippen LogP contribution < -0.4 is 14.8 Å². The molecule has 1 aliphatic rings. The highest BCUT2D eigenvalue weighted by Gasteiger charge is 2.37. The number of aliphatic hydroxyl groups is 1. The maximum absolute atomic E-state index is 12.7. The molecule has 3 rings (SSSR count). The minimum Gasteiger partial charge on any atom is -0.497 e. The zero-order valence-corrected chi connectivity index (χ0v) is 14.7. The number of methoxy groups -OCH3 is 1. The molecule has 2 aromatic carbocycles. The van der Waals surface area contributed by atoms with E-state index in [-0.39, 0.29) is 11.9 Å². The van der Waals surface area contributed by atoms with Gasteiger partial charge in [0.2, 0.25) is 0 Å². The zero-order valence-electron chi connectivity index (χ0n) is 14.7. The quantitative estimate of drug-likeness (QED) is 0.877. The van der Waals surface area contributed by atoms with Gasteiger partial charge in [0, 0.05) is 0 Å². The van der Waals surface area contributed by atoms with Gasteiger partial charge in [-0.05, 0) is 55.7 Å². The number of ether oxygens (including phenoxy) is 2. The van der Waals surface area contributed by atoms with Crippen molar-refractivity contribution in [1.82, 2.24) is 5.32 Å². The van der Waals surface area contributed by atoms with Gasteiger partial charge in [-0.3, -0.25) is 4.79 Å². The van der Waals surface area contributed by atoms with Crippen LogP contribution in [0.1, 0.15) is 31.1 Å². The lowest BCUT2D eigenvalue weighted by Crippen LogP contribution is -2.51. The highest BCUT2D eigenvalue weighted by atomic mass is 16.5. The van der Waals surface area contributed by atoms with E-state index in [2.05, 4.69) is 5.32 Å². The fraction of sp³-hybridized carbons (Fsp3) is 0.350. The molecule has 0 heterocycles. The summed E-state index contributed by atoms with van der Waals surface area (Å²) in [6.45, 7) is 3.42. The van der Waals surface area contributed by atoms with Gasteiger partial charge < -0.3 is 19.9 Å².